The van der Waals surface area contributed by atoms with Gasteiger partial charge in [-0.25, -0.2) is 4.98 Å². The number of aromatic amines is 1. The number of H-pyrrole nitrogens is 1. The molecule has 2 aromatic heterocycles. The smallest absolute Gasteiger partial charge is 0.273 e. The Morgan fingerprint density at radius 3 is 2.78 bits per heavy atom. The lowest BCUT2D eigenvalue weighted by Crippen LogP contribution is -2.32. The van der Waals surface area contributed by atoms with Crippen molar-refractivity contribution in [3.63, 3.8) is 0 Å². The van der Waals surface area contributed by atoms with E-state index in [0.29, 0.717) is 30.6 Å². The zero-order valence-electron chi connectivity index (χ0n) is 21.7. The summed E-state index contributed by atoms with van der Waals surface area (Å²) < 4.78 is 11.3. The predicted molar refractivity (Wildman–Crippen MR) is 144 cm³/mol. The lowest BCUT2D eigenvalue weighted by Gasteiger charge is -2.21. The van der Waals surface area contributed by atoms with Crippen molar-refractivity contribution in [2.45, 2.75) is 58.2 Å². The van der Waals surface area contributed by atoms with E-state index in [0.717, 1.165) is 44.5 Å². The lowest BCUT2D eigenvalue weighted by atomic mass is 10.0. The monoisotopic (exact) mass is 500 g/mol. The Morgan fingerprint density at radius 1 is 1.16 bits per heavy atom. The van der Waals surface area contributed by atoms with Gasteiger partial charge < -0.3 is 19.5 Å². The molecular weight excluding hydrogens is 464 g/mol. The number of amides is 1. The summed E-state index contributed by atoms with van der Waals surface area (Å²) in [6.45, 7) is 7.81. The van der Waals surface area contributed by atoms with E-state index in [9.17, 15) is 4.79 Å². The molecule has 194 valence electrons. The minimum absolute atomic E-state index is 0.0948. The molecule has 1 aliphatic rings. The standard InChI is InChI=1S/C30H36N4O3/c1-21(2)23-11-9-22(10-12-23)18-34(14-13-24-16-31-27-8-4-3-7-26(24)27)19-29-33-28(20-37-29)30(35)32-17-25-6-5-15-36-25/h3-4,7-12,16,20-21,25,31H,5-6,13-15,17-19H2,1-2H3,(H,32,35). The molecule has 3 heterocycles. The number of hydrogen-bond donors (Lipinski definition) is 2. The summed E-state index contributed by atoms with van der Waals surface area (Å²) >= 11 is 0. The number of carbonyl (C=O) groups excluding carboxylic acids is 1. The lowest BCUT2D eigenvalue weighted by molar-refractivity contribution is 0.0853. The maximum Gasteiger partial charge on any atom is 0.273 e. The van der Waals surface area contributed by atoms with Gasteiger partial charge in [-0.2, -0.15) is 0 Å². The van der Waals surface area contributed by atoms with Crippen molar-refractivity contribution in [3.8, 4) is 0 Å². The normalized spacial score (nSPS) is 15.7. The van der Waals surface area contributed by atoms with Crippen molar-refractivity contribution >= 4 is 16.8 Å². The molecule has 5 rings (SSSR count). The number of aromatic nitrogens is 2. The molecule has 7 nitrogen and oxygen atoms in total. The van der Waals surface area contributed by atoms with Crippen molar-refractivity contribution in [1.29, 1.82) is 0 Å². The van der Waals surface area contributed by atoms with Gasteiger partial charge in [0.1, 0.15) is 6.26 Å². The molecule has 0 saturated carbocycles. The van der Waals surface area contributed by atoms with Crippen LogP contribution in [-0.4, -0.2) is 46.6 Å². The van der Waals surface area contributed by atoms with Crippen LogP contribution in [0.1, 0.15) is 65.7 Å². The van der Waals surface area contributed by atoms with E-state index in [1.165, 1.54) is 28.3 Å². The molecule has 2 N–H and O–H groups in total. The van der Waals surface area contributed by atoms with Crippen LogP contribution in [0.4, 0.5) is 0 Å². The molecule has 1 aliphatic heterocycles. The second kappa shape index (κ2) is 11.8. The number of nitrogens with zero attached hydrogens (tertiary/aromatic N) is 2. The van der Waals surface area contributed by atoms with Crippen LogP contribution >= 0.6 is 0 Å². The molecule has 1 unspecified atom stereocenters. The van der Waals surface area contributed by atoms with Gasteiger partial charge in [0.2, 0.25) is 5.89 Å². The average Bonchev–Trinajstić information content (AvgIpc) is 3.68. The third-order valence-electron chi connectivity index (χ3n) is 7.08. The first kappa shape index (κ1) is 25.2. The zero-order chi connectivity index (χ0) is 25.6. The van der Waals surface area contributed by atoms with Crippen LogP contribution in [0.2, 0.25) is 0 Å². The Labute approximate surface area is 218 Å². The number of hydrogen-bond acceptors (Lipinski definition) is 5. The zero-order valence-corrected chi connectivity index (χ0v) is 21.7. The number of para-hydroxylation sites is 1. The van der Waals surface area contributed by atoms with Gasteiger partial charge in [-0.3, -0.25) is 9.69 Å². The number of nitrogens with one attached hydrogen (secondary N) is 2. The van der Waals surface area contributed by atoms with Crippen LogP contribution in [0.5, 0.6) is 0 Å². The molecule has 37 heavy (non-hydrogen) atoms. The molecule has 1 saturated heterocycles. The Kier molecular flexibility index (Phi) is 8.02. The summed E-state index contributed by atoms with van der Waals surface area (Å²) in [5.74, 6) is 0.823. The highest BCUT2D eigenvalue weighted by Gasteiger charge is 2.19. The largest absolute Gasteiger partial charge is 0.447 e. The minimum Gasteiger partial charge on any atom is -0.447 e. The maximum atomic E-state index is 12.6. The Bertz CT molecular complexity index is 1300. The average molecular weight is 501 g/mol. The van der Waals surface area contributed by atoms with Gasteiger partial charge in [-0.1, -0.05) is 56.3 Å². The molecule has 1 atom stereocenters. The van der Waals surface area contributed by atoms with Crippen LogP contribution in [0.3, 0.4) is 0 Å². The van der Waals surface area contributed by atoms with Crippen molar-refractivity contribution in [2.75, 3.05) is 19.7 Å². The highest BCUT2D eigenvalue weighted by atomic mass is 16.5. The van der Waals surface area contributed by atoms with E-state index in [4.69, 9.17) is 9.15 Å². The molecule has 2 aromatic carbocycles. The number of carbonyl (C=O) groups is 1. The van der Waals surface area contributed by atoms with Crippen LogP contribution in [0.25, 0.3) is 10.9 Å². The van der Waals surface area contributed by atoms with Crippen molar-refractivity contribution in [1.82, 2.24) is 20.2 Å². The van der Waals surface area contributed by atoms with E-state index in [-0.39, 0.29) is 12.0 Å². The second-order valence-electron chi connectivity index (χ2n) is 10.2. The van der Waals surface area contributed by atoms with Crippen molar-refractivity contribution in [2.24, 2.45) is 0 Å². The fraction of sp³-hybridized carbons (Fsp3) is 0.400. The number of benzene rings is 2. The molecule has 1 fully saturated rings. The van der Waals surface area contributed by atoms with Gasteiger partial charge >= 0.3 is 0 Å². The number of rotatable bonds is 11. The molecule has 4 aromatic rings. The highest BCUT2D eigenvalue weighted by molar-refractivity contribution is 5.91. The van der Waals surface area contributed by atoms with Gasteiger partial charge in [0.25, 0.3) is 5.91 Å². The van der Waals surface area contributed by atoms with E-state index in [1.807, 2.05) is 6.07 Å². The van der Waals surface area contributed by atoms with Gasteiger partial charge in [0, 0.05) is 43.3 Å². The topological polar surface area (TPSA) is 83.4 Å². The van der Waals surface area contributed by atoms with Gasteiger partial charge in [0.15, 0.2) is 5.69 Å². The second-order valence-corrected chi connectivity index (χ2v) is 10.2. The van der Waals surface area contributed by atoms with E-state index < -0.39 is 0 Å². The summed E-state index contributed by atoms with van der Waals surface area (Å²) in [6.07, 6.45) is 6.57. The van der Waals surface area contributed by atoms with Gasteiger partial charge in [-0.05, 0) is 47.9 Å². The Hall–Kier alpha value is -3.42. The molecule has 0 bridgehead atoms. The fourth-order valence-electron chi connectivity index (χ4n) is 4.88. The Balaban J connectivity index is 1.26. The number of ether oxygens (including phenoxy) is 1. The van der Waals surface area contributed by atoms with E-state index in [1.54, 1.807) is 0 Å². The third-order valence-corrected chi connectivity index (χ3v) is 7.08. The third kappa shape index (κ3) is 6.48. The molecule has 0 radical (unpaired) electrons. The van der Waals surface area contributed by atoms with Crippen molar-refractivity contribution < 1.29 is 13.9 Å². The maximum absolute atomic E-state index is 12.6. The van der Waals surface area contributed by atoms with Crippen LogP contribution in [-0.2, 0) is 24.2 Å². The van der Waals surface area contributed by atoms with Crippen molar-refractivity contribution in [3.05, 3.63) is 89.3 Å². The fourth-order valence-corrected chi connectivity index (χ4v) is 4.88. The first-order chi connectivity index (χ1) is 18.0. The molecule has 0 aliphatic carbocycles. The summed E-state index contributed by atoms with van der Waals surface area (Å²) in [4.78, 5) is 22.8. The quantitative estimate of drug-likeness (QED) is 0.287. The SMILES string of the molecule is CC(C)c1ccc(CN(CCc2c[nH]c3ccccc23)Cc2nc(C(=O)NCC3CCCO3)co2)cc1. The van der Waals surface area contributed by atoms with Crippen LogP contribution in [0, 0.1) is 0 Å². The molecule has 7 heteroatoms. The van der Waals surface area contributed by atoms with E-state index >= 15 is 0 Å². The Morgan fingerprint density at radius 2 is 2.00 bits per heavy atom. The number of oxazole rings is 1. The van der Waals surface area contributed by atoms with Crippen LogP contribution < -0.4 is 5.32 Å². The summed E-state index contributed by atoms with van der Waals surface area (Å²) in [7, 11) is 0. The molecule has 1 amide bonds. The number of fused-ring (bicyclic) bond motifs is 1. The summed E-state index contributed by atoms with van der Waals surface area (Å²) in [6, 6.07) is 17.2. The van der Waals surface area contributed by atoms with Gasteiger partial charge in [0.05, 0.1) is 12.6 Å². The summed E-state index contributed by atoms with van der Waals surface area (Å²) in [5.41, 5.74) is 5.33. The van der Waals surface area contributed by atoms with Crippen LogP contribution in [0.15, 0.2) is 65.4 Å². The first-order valence-corrected chi connectivity index (χ1v) is 13.3. The van der Waals surface area contributed by atoms with Gasteiger partial charge in [-0.15, -0.1) is 0 Å². The highest BCUT2D eigenvalue weighted by Crippen LogP contribution is 2.20. The first-order valence-electron chi connectivity index (χ1n) is 13.3. The predicted octanol–water partition coefficient (Wildman–Crippen LogP) is 5.43. The summed E-state index contributed by atoms with van der Waals surface area (Å²) in [5, 5.41) is 4.17. The van der Waals surface area contributed by atoms with E-state index in [2.05, 4.69) is 82.7 Å². The molecule has 0 spiro atoms. The molecular formula is C30H36N4O3. The minimum atomic E-state index is -0.222.